The SMILES string of the molecule is Cc1cc(C#Cc2ccccc2)cnc1NC(=O)c1c(Cl)cnn1CCN1CCN(C(=O)OC(C)(C)C)CC1. The fourth-order valence-electron chi connectivity index (χ4n) is 4.08. The zero-order valence-corrected chi connectivity index (χ0v) is 23.5. The lowest BCUT2D eigenvalue weighted by atomic mass is 10.1. The van der Waals surface area contributed by atoms with Gasteiger partial charge in [-0.2, -0.15) is 5.10 Å². The lowest BCUT2D eigenvalue weighted by Gasteiger charge is -2.35. The van der Waals surface area contributed by atoms with Crippen LogP contribution >= 0.6 is 11.6 Å². The van der Waals surface area contributed by atoms with E-state index in [1.807, 2.05) is 64.1 Å². The van der Waals surface area contributed by atoms with Gasteiger partial charge in [0.2, 0.25) is 0 Å². The maximum atomic E-state index is 13.2. The summed E-state index contributed by atoms with van der Waals surface area (Å²) in [6, 6.07) is 11.6. The molecule has 1 aliphatic rings. The second-order valence-corrected chi connectivity index (χ2v) is 10.7. The van der Waals surface area contributed by atoms with E-state index in [1.54, 1.807) is 15.8 Å². The fourth-order valence-corrected chi connectivity index (χ4v) is 4.31. The normalized spacial score (nSPS) is 13.9. The van der Waals surface area contributed by atoms with Crippen LogP contribution in [0.5, 0.6) is 0 Å². The molecule has 204 valence electrons. The van der Waals surface area contributed by atoms with Gasteiger partial charge in [-0.05, 0) is 51.5 Å². The number of nitrogens with zero attached hydrogens (tertiary/aromatic N) is 5. The standard InChI is InChI=1S/C29H33ClN6O3/c1-21-18-23(11-10-22-8-6-5-7-9-22)19-31-26(21)33-27(37)25-24(30)20-32-36(25)17-14-34-12-15-35(16-13-34)28(38)39-29(2,3)4/h5-9,18-20H,12-17H2,1-4H3,(H,31,33,37). The van der Waals surface area contributed by atoms with Crippen molar-refractivity contribution in [2.24, 2.45) is 0 Å². The Morgan fingerprint density at radius 2 is 1.72 bits per heavy atom. The number of nitrogens with one attached hydrogen (secondary N) is 1. The summed E-state index contributed by atoms with van der Waals surface area (Å²) in [5, 5.41) is 7.43. The summed E-state index contributed by atoms with van der Waals surface area (Å²) < 4.78 is 7.07. The number of carbonyl (C=O) groups excluding carboxylic acids is 2. The first-order valence-corrected chi connectivity index (χ1v) is 13.2. The van der Waals surface area contributed by atoms with Crippen LogP contribution in [0.3, 0.4) is 0 Å². The highest BCUT2D eigenvalue weighted by Crippen LogP contribution is 2.19. The van der Waals surface area contributed by atoms with Gasteiger partial charge in [0.05, 0.1) is 17.8 Å². The zero-order valence-electron chi connectivity index (χ0n) is 22.7. The zero-order chi connectivity index (χ0) is 28.0. The summed E-state index contributed by atoms with van der Waals surface area (Å²) in [5.41, 5.74) is 2.22. The van der Waals surface area contributed by atoms with Crippen LogP contribution in [0.2, 0.25) is 5.02 Å². The van der Waals surface area contributed by atoms with E-state index < -0.39 is 5.60 Å². The molecule has 1 N–H and O–H groups in total. The molecule has 0 saturated carbocycles. The first kappa shape index (κ1) is 28.1. The van der Waals surface area contributed by atoms with Gasteiger partial charge in [-0.15, -0.1) is 0 Å². The van der Waals surface area contributed by atoms with Crippen LogP contribution in [0.1, 0.15) is 48.0 Å². The number of anilines is 1. The third-order valence-electron chi connectivity index (χ3n) is 6.10. The Bertz CT molecular complexity index is 1380. The number of hydrogen-bond donors (Lipinski definition) is 1. The van der Waals surface area contributed by atoms with Crippen molar-refractivity contribution < 1.29 is 14.3 Å². The van der Waals surface area contributed by atoms with Gasteiger partial charge >= 0.3 is 6.09 Å². The molecule has 3 aromatic rings. The minimum atomic E-state index is -0.517. The van der Waals surface area contributed by atoms with Gasteiger partial charge in [-0.1, -0.05) is 41.6 Å². The van der Waals surface area contributed by atoms with Crippen molar-refractivity contribution in [2.45, 2.75) is 39.8 Å². The molecule has 4 rings (SSSR count). The van der Waals surface area contributed by atoms with Crippen LogP contribution in [0.25, 0.3) is 0 Å². The first-order chi connectivity index (χ1) is 18.6. The second-order valence-electron chi connectivity index (χ2n) is 10.3. The highest BCUT2D eigenvalue weighted by molar-refractivity contribution is 6.34. The van der Waals surface area contributed by atoms with Crippen LogP contribution in [0.15, 0.2) is 48.8 Å². The van der Waals surface area contributed by atoms with Crippen molar-refractivity contribution >= 4 is 29.4 Å². The predicted molar refractivity (Wildman–Crippen MR) is 151 cm³/mol. The number of piperazine rings is 1. The lowest BCUT2D eigenvalue weighted by Crippen LogP contribution is -2.50. The Labute approximate surface area is 234 Å². The number of halogens is 1. The number of ether oxygens (including phenoxy) is 1. The average Bonchev–Trinajstić information content (AvgIpc) is 3.27. The molecule has 2 amide bonds. The minimum Gasteiger partial charge on any atom is -0.444 e. The van der Waals surface area contributed by atoms with E-state index in [9.17, 15) is 9.59 Å². The molecular weight excluding hydrogens is 516 g/mol. The molecular formula is C29H33ClN6O3. The summed E-state index contributed by atoms with van der Waals surface area (Å²) in [4.78, 5) is 33.8. The summed E-state index contributed by atoms with van der Waals surface area (Å²) in [6.07, 6.45) is 2.81. The molecule has 1 saturated heterocycles. The molecule has 2 aromatic heterocycles. The molecule has 0 unspecified atom stereocenters. The van der Waals surface area contributed by atoms with Gasteiger partial charge < -0.3 is 15.0 Å². The van der Waals surface area contributed by atoms with Gasteiger partial charge in [0.15, 0.2) is 0 Å². The molecule has 0 bridgehead atoms. The fraction of sp³-hybridized carbons (Fsp3) is 0.379. The van der Waals surface area contributed by atoms with Crippen LogP contribution in [0, 0.1) is 18.8 Å². The van der Waals surface area contributed by atoms with Crippen LogP contribution in [0.4, 0.5) is 10.6 Å². The van der Waals surface area contributed by atoms with Crippen molar-refractivity contribution in [2.75, 3.05) is 38.0 Å². The van der Waals surface area contributed by atoms with E-state index in [2.05, 4.69) is 32.1 Å². The summed E-state index contributed by atoms with van der Waals surface area (Å²) >= 11 is 6.34. The van der Waals surface area contributed by atoms with E-state index in [-0.39, 0.29) is 22.7 Å². The number of amides is 2. The summed E-state index contributed by atoms with van der Waals surface area (Å²) in [5.74, 6) is 6.26. The first-order valence-electron chi connectivity index (χ1n) is 12.9. The van der Waals surface area contributed by atoms with E-state index in [4.69, 9.17) is 16.3 Å². The third-order valence-corrected chi connectivity index (χ3v) is 6.37. The van der Waals surface area contributed by atoms with Gasteiger partial charge in [-0.25, -0.2) is 9.78 Å². The molecule has 39 heavy (non-hydrogen) atoms. The minimum absolute atomic E-state index is 0.269. The molecule has 0 radical (unpaired) electrons. The number of benzene rings is 1. The molecule has 3 heterocycles. The number of aryl methyl sites for hydroxylation is 1. The van der Waals surface area contributed by atoms with Crippen molar-refractivity contribution in [3.8, 4) is 11.8 Å². The average molecular weight is 549 g/mol. The molecule has 1 aliphatic heterocycles. The van der Waals surface area contributed by atoms with Crippen LogP contribution in [-0.4, -0.2) is 74.9 Å². The Balaban J connectivity index is 1.34. The number of aromatic nitrogens is 3. The quantitative estimate of drug-likeness (QED) is 0.474. The molecule has 10 heteroatoms. The van der Waals surface area contributed by atoms with Crippen LogP contribution in [-0.2, 0) is 11.3 Å². The van der Waals surface area contributed by atoms with Gasteiger partial charge in [0.25, 0.3) is 5.91 Å². The molecule has 0 aliphatic carbocycles. The summed E-state index contributed by atoms with van der Waals surface area (Å²) in [7, 11) is 0. The molecule has 0 spiro atoms. The molecule has 1 fully saturated rings. The number of carbonyl (C=O) groups is 2. The number of pyridine rings is 1. The van der Waals surface area contributed by atoms with Crippen molar-refractivity contribution in [3.05, 3.63) is 76.2 Å². The van der Waals surface area contributed by atoms with Crippen molar-refractivity contribution in [3.63, 3.8) is 0 Å². The Morgan fingerprint density at radius 1 is 1.03 bits per heavy atom. The number of rotatable bonds is 5. The van der Waals surface area contributed by atoms with Gasteiger partial charge in [0.1, 0.15) is 17.1 Å². The smallest absolute Gasteiger partial charge is 0.410 e. The number of hydrogen-bond acceptors (Lipinski definition) is 6. The third kappa shape index (κ3) is 7.82. The highest BCUT2D eigenvalue weighted by Gasteiger charge is 2.26. The van der Waals surface area contributed by atoms with E-state index in [1.165, 1.54) is 6.20 Å². The van der Waals surface area contributed by atoms with Crippen LogP contribution < -0.4 is 5.32 Å². The van der Waals surface area contributed by atoms with Crippen molar-refractivity contribution in [1.29, 1.82) is 0 Å². The maximum absolute atomic E-state index is 13.2. The van der Waals surface area contributed by atoms with E-state index in [0.29, 0.717) is 45.1 Å². The van der Waals surface area contributed by atoms with Crippen molar-refractivity contribution in [1.82, 2.24) is 24.6 Å². The predicted octanol–water partition coefficient (Wildman–Crippen LogP) is 4.44. The molecule has 9 nitrogen and oxygen atoms in total. The van der Waals surface area contributed by atoms with E-state index >= 15 is 0 Å². The van der Waals surface area contributed by atoms with E-state index in [0.717, 1.165) is 16.7 Å². The molecule has 0 atom stereocenters. The topological polar surface area (TPSA) is 92.6 Å². The largest absolute Gasteiger partial charge is 0.444 e. The monoisotopic (exact) mass is 548 g/mol. The highest BCUT2D eigenvalue weighted by atomic mass is 35.5. The second kappa shape index (κ2) is 12.3. The maximum Gasteiger partial charge on any atom is 0.410 e. The summed E-state index contributed by atoms with van der Waals surface area (Å²) in [6.45, 7) is 11.2. The Hall–Kier alpha value is -3.87. The van der Waals surface area contributed by atoms with Gasteiger partial charge in [0, 0.05) is 50.0 Å². The van der Waals surface area contributed by atoms with Gasteiger partial charge in [-0.3, -0.25) is 14.4 Å². The molecule has 1 aromatic carbocycles. The Morgan fingerprint density at radius 3 is 2.38 bits per heavy atom. The Kier molecular flexibility index (Phi) is 8.90. The lowest BCUT2D eigenvalue weighted by molar-refractivity contribution is 0.0142.